The van der Waals surface area contributed by atoms with Crippen LogP contribution in [0.25, 0.3) is 94.5 Å². The summed E-state index contributed by atoms with van der Waals surface area (Å²) in [6.45, 7) is 0. The van der Waals surface area contributed by atoms with Gasteiger partial charge in [0.25, 0.3) is 0 Å². The molecule has 0 radical (unpaired) electrons. The molecular weight excluding hydrogens is 717 g/mol. The summed E-state index contributed by atoms with van der Waals surface area (Å²) in [6.07, 6.45) is 4.09. The zero-order valence-corrected chi connectivity index (χ0v) is 31.9. The first kappa shape index (κ1) is 33.1. The molecule has 0 aliphatic heterocycles. The van der Waals surface area contributed by atoms with E-state index in [1.807, 2.05) is 24.3 Å². The van der Waals surface area contributed by atoms with Gasteiger partial charge in [0, 0.05) is 56.0 Å². The van der Waals surface area contributed by atoms with E-state index in [-0.39, 0.29) is 0 Å². The fraction of sp³-hybridized carbons (Fsp3) is 0. The molecule has 1 aliphatic carbocycles. The highest BCUT2D eigenvalue weighted by atomic mass is 16.3. The Kier molecular flexibility index (Phi) is 7.45. The van der Waals surface area contributed by atoms with Crippen LogP contribution in [0.4, 0.5) is 17.1 Å². The lowest BCUT2D eigenvalue weighted by Gasteiger charge is -2.26. The molecule has 11 aromatic rings. The second-order valence-electron chi connectivity index (χ2n) is 15.1. The van der Waals surface area contributed by atoms with Gasteiger partial charge in [0.05, 0.1) is 16.9 Å². The molecule has 2 aromatic heterocycles. The highest BCUT2D eigenvalue weighted by Gasteiger charge is 2.20. The topological polar surface area (TPSA) is 21.3 Å². The standard InChI is InChI=1S/C56H34N2O/c1-2-13-44-37(12-1)24-25-40-36-43(34-35-45(40)44)57(42-32-28-39(29-33-42)47-18-11-19-51-50-17-6-10-23-55(50)59-56(47)51)41-30-26-38(27-31-41)46-14-3-7-20-52(46)58-53-21-8-4-15-48(53)49-16-5-9-22-54(49)58/h1-4,6-8,10-36H. The Hall–Kier alpha value is -8.06. The van der Waals surface area contributed by atoms with Crippen LogP contribution >= 0.6 is 0 Å². The Bertz CT molecular complexity index is 3570. The molecule has 0 saturated carbocycles. The minimum absolute atomic E-state index is 0.903. The molecule has 9 aromatic carbocycles. The minimum Gasteiger partial charge on any atom is -0.455 e. The van der Waals surface area contributed by atoms with Crippen molar-refractivity contribution in [3.05, 3.63) is 217 Å². The first-order valence-corrected chi connectivity index (χ1v) is 20.0. The molecular formula is C56H34N2O. The largest absolute Gasteiger partial charge is 0.455 e. The number of aromatic nitrogens is 1. The maximum absolute atomic E-state index is 6.43. The molecule has 0 fully saturated rings. The summed E-state index contributed by atoms with van der Waals surface area (Å²) in [4.78, 5) is 2.36. The first-order valence-electron chi connectivity index (χ1n) is 20.0. The third-order valence-corrected chi connectivity index (χ3v) is 11.9. The van der Waals surface area contributed by atoms with Gasteiger partial charge in [-0.2, -0.15) is 0 Å². The summed E-state index contributed by atoms with van der Waals surface area (Å²) in [6, 6.07) is 69.7. The lowest BCUT2D eigenvalue weighted by molar-refractivity contribution is 0.670. The van der Waals surface area contributed by atoms with Gasteiger partial charge in [-0.15, -0.1) is 0 Å². The van der Waals surface area contributed by atoms with Gasteiger partial charge < -0.3 is 13.9 Å². The van der Waals surface area contributed by atoms with Crippen LogP contribution in [0.1, 0.15) is 11.3 Å². The van der Waals surface area contributed by atoms with Crippen molar-refractivity contribution in [2.45, 2.75) is 0 Å². The Balaban J connectivity index is 0.980. The highest BCUT2D eigenvalue weighted by molar-refractivity contribution is 6.10. The average molecular weight is 751 g/mol. The number of hydrogen-bond donors (Lipinski definition) is 0. The second-order valence-corrected chi connectivity index (χ2v) is 15.1. The van der Waals surface area contributed by atoms with Gasteiger partial charge in [-0.25, -0.2) is 0 Å². The second kappa shape index (κ2) is 13.3. The van der Waals surface area contributed by atoms with E-state index in [9.17, 15) is 0 Å². The number of fused-ring (bicyclic) bond motifs is 9. The highest BCUT2D eigenvalue weighted by Crippen LogP contribution is 2.42. The van der Waals surface area contributed by atoms with Crippen LogP contribution in [0.15, 0.2) is 210 Å². The van der Waals surface area contributed by atoms with Crippen LogP contribution in [0, 0.1) is 0 Å². The minimum atomic E-state index is 0.903. The van der Waals surface area contributed by atoms with E-state index in [1.54, 1.807) is 0 Å². The van der Waals surface area contributed by atoms with Crippen molar-refractivity contribution in [2.24, 2.45) is 0 Å². The van der Waals surface area contributed by atoms with E-state index in [2.05, 4.69) is 203 Å². The lowest BCUT2D eigenvalue weighted by atomic mass is 10.00. The number of furan rings is 1. The summed E-state index contributed by atoms with van der Waals surface area (Å²) < 4.78 is 8.79. The molecule has 274 valence electrons. The van der Waals surface area contributed by atoms with Crippen molar-refractivity contribution < 1.29 is 4.42 Å². The van der Waals surface area contributed by atoms with E-state index >= 15 is 0 Å². The van der Waals surface area contributed by atoms with Crippen molar-refractivity contribution in [2.75, 3.05) is 4.90 Å². The van der Waals surface area contributed by atoms with Crippen LogP contribution in [-0.4, -0.2) is 4.57 Å². The molecule has 3 heteroatoms. The molecule has 0 amide bonds. The zero-order valence-electron chi connectivity index (χ0n) is 31.9. The van der Waals surface area contributed by atoms with E-state index < -0.39 is 0 Å². The van der Waals surface area contributed by atoms with Crippen molar-refractivity contribution in [1.29, 1.82) is 0 Å². The first-order chi connectivity index (χ1) is 29.3. The third-order valence-electron chi connectivity index (χ3n) is 11.9. The SMILES string of the molecule is C1=C=Cc2c(c3ccccc3n2-c2ccccc2-c2ccc(N(c3ccc(-c4cccc5c4oc4ccccc45)cc3)c3ccc4c(ccc5ccccc54)c3)cc2)C=1. The molecule has 0 bridgehead atoms. The van der Waals surface area contributed by atoms with Gasteiger partial charge in [-0.05, 0) is 93.3 Å². The smallest absolute Gasteiger partial charge is 0.143 e. The van der Waals surface area contributed by atoms with Gasteiger partial charge >= 0.3 is 0 Å². The Morgan fingerprint density at radius 1 is 0.424 bits per heavy atom. The van der Waals surface area contributed by atoms with Crippen LogP contribution in [0.5, 0.6) is 0 Å². The molecule has 3 nitrogen and oxygen atoms in total. The number of anilines is 3. The van der Waals surface area contributed by atoms with Crippen LogP contribution < -0.4 is 4.90 Å². The van der Waals surface area contributed by atoms with Crippen LogP contribution in [0.3, 0.4) is 0 Å². The lowest BCUT2D eigenvalue weighted by Crippen LogP contribution is -2.10. The predicted molar refractivity (Wildman–Crippen MR) is 247 cm³/mol. The number of hydrogen-bond acceptors (Lipinski definition) is 2. The van der Waals surface area contributed by atoms with Crippen molar-refractivity contribution in [3.8, 4) is 27.9 Å². The molecule has 1 aliphatic rings. The van der Waals surface area contributed by atoms with E-state index in [1.165, 1.54) is 32.5 Å². The van der Waals surface area contributed by atoms with Crippen LogP contribution in [-0.2, 0) is 0 Å². The number of para-hydroxylation sites is 4. The van der Waals surface area contributed by atoms with Gasteiger partial charge in [-0.1, -0.05) is 151 Å². The monoisotopic (exact) mass is 750 g/mol. The Morgan fingerprint density at radius 3 is 1.88 bits per heavy atom. The summed E-state index contributed by atoms with van der Waals surface area (Å²) in [7, 11) is 0. The van der Waals surface area contributed by atoms with Crippen LogP contribution in [0.2, 0.25) is 0 Å². The van der Waals surface area contributed by atoms with Crippen molar-refractivity contribution >= 4 is 83.6 Å². The summed E-state index contributed by atoms with van der Waals surface area (Å²) in [5, 5.41) is 8.41. The maximum atomic E-state index is 6.43. The van der Waals surface area contributed by atoms with Crippen molar-refractivity contribution in [3.63, 3.8) is 0 Å². The number of benzene rings is 9. The summed E-state index contributed by atoms with van der Waals surface area (Å²) in [5.74, 6) is 0. The molecule has 2 heterocycles. The summed E-state index contributed by atoms with van der Waals surface area (Å²) in [5.41, 5.74) is 20.5. The Morgan fingerprint density at radius 2 is 1.03 bits per heavy atom. The van der Waals surface area contributed by atoms with E-state index in [0.29, 0.717) is 0 Å². The molecule has 59 heavy (non-hydrogen) atoms. The predicted octanol–water partition coefficient (Wildman–Crippen LogP) is 15.4. The third kappa shape index (κ3) is 5.32. The molecule has 0 atom stereocenters. The zero-order chi connectivity index (χ0) is 38.9. The molecule has 0 N–H and O–H groups in total. The van der Waals surface area contributed by atoms with Crippen molar-refractivity contribution in [1.82, 2.24) is 4.57 Å². The molecule has 12 rings (SSSR count). The number of nitrogens with zero attached hydrogens (tertiary/aromatic N) is 2. The fourth-order valence-corrected chi connectivity index (χ4v) is 9.12. The van der Waals surface area contributed by atoms with Gasteiger partial charge in [0.1, 0.15) is 11.2 Å². The summed E-state index contributed by atoms with van der Waals surface area (Å²) >= 11 is 0. The molecule has 0 saturated heterocycles. The fourth-order valence-electron chi connectivity index (χ4n) is 9.12. The van der Waals surface area contributed by atoms with Gasteiger partial charge in [-0.3, -0.25) is 0 Å². The van der Waals surface area contributed by atoms with E-state index in [4.69, 9.17) is 4.42 Å². The number of rotatable bonds is 6. The molecule has 0 spiro atoms. The Labute approximate surface area is 340 Å². The van der Waals surface area contributed by atoms with Gasteiger partial charge in [0.15, 0.2) is 0 Å². The van der Waals surface area contributed by atoms with E-state index in [0.717, 1.165) is 78.2 Å². The van der Waals surface area contributed by atoms with Gasteiger partial charge in [0.2, 0.25) is 0 Å². The average Bonchev–Trinajstić information content (AvgIpc) is 3.86. The molecule has 0 unspecified atom stereocenters. The quantitative estimate of drug-likeness (QED) is 0.125. The normalized spacial score (nSPS) is 12.0. The maximum Gasteiger partial charge on any atom is 0.143 e.